The Labute approximate surface area is 146 Å². The first kappa shape index (κ1) is 18.4. The summed E-state index contributed by atoms with van der Waals surface area (Å²) >= 11 is 0. The van der Waals surface area contributed by atoms with Crippen molar-refractivity contribution in [2.24, 2.45) is 0 Å². The third kappa shape index (κ3) is 5.31. The third-order valence-corrected chi connectivity index (χ3v) is 3.55. The van der Waals surface area contributed by atoms with Gasteiger partial charge < -0.3 is 15.0 Å². The summed E-state index contributed by atoms with van der Waals surface area (Å²) in [6.07, 6.45) is 0.0567. The molecule has 0 spiro atoms. The molecule has 2 rings (SSSR count). The van der Waals surface area contributed by atoms with Crippen molar-refractivity contribution in [3.63, 3.8) is 0 Å². The minimum Gasteiger partial charge on any atom is -0.494 e. The van der Waals surface area contributed by atoms with E-state index in [1.807, 2.05) is 6.92 Å². The van der Waals surface area contributed by atoms with Gasteiger partial charge in [-0.3, -0.25) is 9.59 Å². The first-order valence-corrected chi connectivity index (χ1v) is 8.06. The Morgan fingerprint density at radius 1 is 1.12 bits per heavy atom. The van der Waals surface area contributed by atoms with Crippen LogP contribution in [0, 0.1) is 5.82 Å². The van der Waals surface area contributed by atoms with Crippen molar-refractivity contribution < 1.29 is 18.7 Å². The van der Waals surface area contributed by atoms with Crippen LogP contribution in [0.3, 0.4) is 0 Å². The van der Waals surface area contributed by atoms with Crippen LogP contribution in [0.25, 0.3) is 0 Å². The monoisotopic (exact) mass is 344 g/mol. The number of anilines is 2. The zero-order valence-corrected chi connectivity index (χ0v) is 14.3. The number of nitrogens with zero attached hydrogens (tertiary/aromatic N) is 1. The Morgan fingerprint density at radius 3 is 2.40 bits per heavy atom. The molecule has 2 amide bonds. The van der Waals surface area contributed by atoms with Crippen molar-refractivity contribution in [1.82, 2.24) is 0 Å². The molecule has 1 N–H and O–H groups in total. The topological polar surface area (TPSA) is 58.6 Å². The molecule has 0 saturated heterocycles. The van der Waals surface area contributed by atoms with Crippen LogP contribution >= 0.6 is 0 Å². The highest BCUT2D eigenvalue weighted by Gasteiger charge is 2.14. The number of benzene rings is 2. The van der Waals surface area contributed by atoms with Crippen LogP contribution in [-0.4, -0.2) is 25.0 Å². The summed E-state index contributed by atoms with van der Waals surface area (Å²) in [5.74, 6) is -0.317. The Bertz CT molecular complexity index is 732. The van der Waals surface area contributed by atoms with Gasteiger partial charge in [-0.15, -0.1) is 0 Å². The van der Waals surface area contributed by atoms with Gasteiger partial charge in [-0.25, -0.2) is 4.39 Å². The molecule has 0 saturated carbocycles. The average Bonchev–Trinajstić information content (AvgIpc) is 2.58. The van der Waals surface area contributed by atoms with Crippen LogP contribution < -0.4 is 15.0 Å². The molecule has 2 aromatic carbocycles. The molecule has 132 valence electrons. The van der Waals surface area contributed by atoms with Gasteiger partial charge in [-0.1, -0.05) is 12.1 Å². The predicted octanol–water partition coefficient (Wildman–Crippen LogP) is 3.61. The van der Waals surface area contributed by atoms with Gasteiger partial charge in [0.25, 0.3) is 0 Å². The van der Waals surface area contributed by atoms with E-state index in [0.717, 1.165) is 0 Å². The summed E-state index contributed by atoms with van der Waals surface area (Å²) in [6, 6.07) is 13.0. The lowest BCUT2D eigenvalue weighted by Crippen LogP contribution is -2.32. The molecule has 0 radical (unpaired) electrons. The highest BCUT2D eigenvalue weighted by atomic mass is 19.1. The van der Waals surface area contributed by atoms with Crippen LogP contribution in [0.1, 0.15) is 20.3 Å². The average molecular weight is 344 g/mol. The maximum atomic E-state index is 13.6. The van der Waals surface area contributed by atoms with Gasteiger partial charge in [0.2, 0.25) is 11.8 Å². The molecule has 0 aromatic heterocycles. The number of rotatable bonds is 7. The molecule has 0 heterocycles. The van der Waals surface area contributed by atoms with Gasteiger partial charge >= 0.3 is 0 Å². The number of halogens is 1. The van der Waals surface area contributed by atoms with Crippen LogP contribution in [0.2, 0.25) is 0 Å². The van der Waals surface area contributed by atoms with Crippen LogP contribution in [0.15, 0.2) is 48.5 Å². The van der Waals surface area contributed by atoms with E-state index in [1.165, 1.54) is 24.0 Å². The highest BCUT2D eigenvalue weighted by Crippen LogP contribution is 2.20. The highest BCUT2D eigenvalue weighted by molar-refractivity contribution is 5.94. The smallest absolute Gasteiger partial charge is 0.226 e. The van der Waals surface area contributed by atoms with Crippen molar-refractivity contribution in [2.75, 3.05) is 23.4 Å². The zero-order chi connectivity index (χ0) is 18.2. The second kappa shape index (κ2) is 8.82. The minimum atomic E-state index is -0.495. The molecular formula is C19H21FN2O3. The molecule has 0 aliphatic heterocycles. The number of ether oxygens (including phenoxy) is 1. The Morgan fingerprint density at radius 2 is 1.80 bits per heavy atom. The molecule has 25 heavy (non-hydrogen) atoms. The summed E-state index contributed by atoms with van der Waals surface area (Å²) in [5, 5.41) is 2.51. The summed E-state index contributed by atoms with van der Waals surface area (Å²) in [6.45, 7) is 4.09. The Kier molecular flexibility index (Phi) is 6.51. The van der Waals surface area contributed by atoms with E-state index in [9.17, 15) is 14.0 Å². The maximum absolute atomic E-state index is 13.6. The Balaban J connectivity index is 1.98. The second-order valence-corrected chi connectivity index (χ2v) is 5.38. The SMILES string of the molecule is CCOc1ccc(N(CCC(=O)Nc2ccccc2F)C(C)=O)cc1. The lowest BCUT2D eigenvalue weighted by molar-refractivity contribution is -0.117. The van der Waals surface area contributed by atoms with Crippen molar-refractivity contribution >= 4 is 23.2 Å². The molecule has 2 aromatic rings. The van der Waals surface area contributed by atoms with Crippen molar-refractivity contribution in [3.05, 3.63) is 54.3 Å². The molecule has 0 atom stereocenters. The third-order valence-electron chi connectivity index (χ3n) is 3.55. The number of nitrogens with one attached hydrogen (secondary N) is 1. The van der Waals surface area contributed by atoms with Gasteiger partial charge in [-0.05, 0) is 43.3 Å². The van der Waals surface area contributed by atoms with Gasteiger partial charge in [0.15, 0.2) is 0 Å². The summed E-state index contributed by atoms with van der Waals surface area (Å²) in [7, 11) is 0. The van der Waals surface area contributed by atoms with Gasteiger partial charge in [-0.2, -0.15) is 0 Å². The number of hydrogen-bond donors (Lipinski definition) is 1. The fraction of sp³-hybridized carbons (Fsp3) is 0.263. The van der Waals surface area contributed by atoms with Crippen LogP contribution in [0.5, 0.6) is 5.75 Å². The van der Waals surface area contributed by atoms with E-state index in [2.05, 4.69) is 5.32 Å². The quantitative estimate of drug-likeness (QED) is 0.835. The fourth-order valence-electron chi connectivity index (χ4n) is 2.35. The van der Waals surface area contributed by atoms with E-state index >= 15 is 0 Å². The minimum absolute atomic E-state index is 0.0567. The number of para-hydroxylation sites is 1. The molecular weight excluding hydrogens is 323 g/mol. The second-order valence-electron chi connectivity index (χ2n) is 5.38. The summed E-state index contributed by atoms with van der Waals surface area (Å²) in [5.41, 5.74) is 0.803. The van der Waals surface area contributed by atoms with Crippen molar-refractivity contribution in [1.29, 1.82) is 0 Å². The first-order chi connectivity index (χ1) is 12.0. The van der Waals surface area contributed by atoms with E-state index in [-0.39, 0.29) is 30.5 Å². The van der Waals surface area contributed by atoms with Gasteiger partial charge in [0.1, 0.15) is 11.6 Å². The number of carbonyl (C=O) groups is 2. The normalized spacial score (nSPS) is 10.2. The molecule has 0 unspecified atom stereocenters. The number of amides is 2. The largest absolute Gasteiger partial charge is 0.494 e. The lowest BCUT2D eigenvalue weighted by atomic mass is 10.2. The van der Waals surface area contributed by atoms with E-state index in [1.54, 1.807) is 36.4 Å². The summed E-state index contributed by atoms with van der Waals surface area (Å²) in [4.78, 5) is 25.4. The van der Waals surface area contributed by atoms with Gasteiger partial charge in [0, 0.05) is 25.6 Å². The van der Waals surface area contributed by atoms with Crippen LogP contribution in [-0.2, 0) is 9.59 Å². The zero-order valence-electron chi connectivity index (χ0n) is 14.3. The predicted molar refractivity (Wildman–Crippen MR) is 95.3 cm³/mol. The van der Waals surface area contributed by atoms with E-state index in [0.29, 0.717) is 18.0 Å². The van der Waals surface area contributed by atoms with E-state index < -0.39 is 5.82 Å². The fourth-order valence-corrected chi connectivity index (χ4v) is 2.35. The standard InChI is InChI=1S/C19H21FN2O3/c1-3-25-16-10-8-15(9-11-16)22(14(2)23)13-12-19(24)21-18-7-5-4-6-17(18)20/h4-11H,3,12-13H2,1-2H3,(H,21,24). The molecule has 0 bridgehead atoms. The molecule has 6 heteroatoms. The molecule has 0 aliphatic rings. The van der Waals surface area contributed by atoms with Crippen LogP contribution in [0.4, 0.5) is 15.8 Å². The summed E-state index contributed by atoms with van der Waals surface area (Å²) < 4.78 is 18.9. The molecule has 0 aliphatic carbocycles. The maximum Gasteiger partial charge on any atom is 0.226 e. The first-order valence-electron chi connectivity index (χ1n) is 8.06. The van der Waals surface area contributed by atoms with Crippen molar-refractivity contribution in [3.8, 4) is 5.75 Å². The molecule has 5 nitrogen and oxygen atoms in total. The number of carbonyl (C=O) groups excluding carboxylic acids is 2. The lowest BCUT2D eigenvalue weighted by Gasteiger charge is -2.21. The number of hydrogen-bond acceptors (Lipinski definition) is 3. The Hall–Kier alpha value is -2.89. The van der Waals surface area contributed by atoms with E-state index in [4.69, 9.17) is 4.74 Å². The molecule has 0 fully saturated rings. The van der Waals surface area contributed by atoms with Gasteiger partial charge in [0.05, 0.1) is 12.3 Å². The van der Waals surface area contributed by atoms with Crippen molar-refractivity contribution in [2.45, 2.75) is 20.3 Å².